The van der Waals surface area contributed by atoms with Crippen molar-refractivity contribution in [3.8, 4) is 67.3 Å². The molecule has 10 rings (SSSR count). The monoisotopic (exact) mass is 682 g/mol. The first kappa shape index (κ1) is 30.6. The molecule has 0 amide bonds. The fourth-order valence-electron chi connectivity index (χ4n) is 8.05. The van der Waals surface area contributed by atoms with Gasteiger partial charge in [-0.2, -0.15) is 0 Å². The van der Waals surface area contributed by atoms with Crippen LogP contribution in [0.15, 0.2) is 170 Å². The number of nitrogens with zero attached hydrogens (tertiary/aromatic N) is 2. The van der Waals surface area contributed by atoms with Crippen molar-refractivity contribution in [2.45, 2.75) is 19.3 Å². The Kier molecular flexibility index (Phi) is 7.06. The largest absolute Gasteiger partial charge is 0.228 e. The van der Waals surface area contributed by atoms with Crippen LogP contribution in [0.4, 0.5) is 0 Å². The summed E-state index contributed by atoms with van der Waals surface area (Å²) in [6.07, 6.45) is 0. The minimum atomic E-state index is -0.0252. The molecule has 0 aliphatic heterocycles. The summed E-state index contributed by atoms with van der Waals surface area (Å²) in [5, 5.41) is 2.43. The average Bonchev–Trinajstić information content (AvgIpc) is 3.71. The normalized spacial score (nSPS) is 13.0. The molecular formula is C49H34N2S. The van der Waals surface area contributed by atoms with Gasteiger partial charge in [0.2, 0.25) is 0 Å². The summed E-state index contributed by atoms with van der Waals surface area (Å²) in [7, 11) is 0. The molecule has 0 saturated carbocycles. The molecule has 0 radical (unpaired) electrons. The van der Waals surface area contributed by atoms with Crippen LogP contribution >= 0.6 is 11.3 Å². The Balaban J connectivity index is 1.10. The van der Waals surface area contributed by atoms with Crippen LogP contribution in [0.25, 0.3) is 87.5 Å². The third-order valence-electron chi connectivity index (χ3n) is 10.7. The molecule has 0 spiro atoms. The van der Waals surface area contributed by atoms with Gasteiger partial charge in [-0.25, -0.2) is 9.97 Å². The first-order valence-electron chi connectivity index (χ1n) is 17.8. The number of fused-ring (bicyclic) bond motifs is 6. The maximum absolute atomic E-state index is 5.23. The van der Waals surface area contributed by atoms with Crippen LogP contribution in [0, 0.1) is 0 Å². The third-order valence-corrected chi connectivity index (χ3v) is 11.9. The highest BCUT2D eigenvalue weighted by Gasteiger charge is 2.35. The molecule has 0 bridgehead atoms. The molecule has 0 saturated heterocycles. The summed E-state index contributed by atoms with van der Waals surface area (Å²) in [6.45, 7) is 4.69. The van der Waals surface area contributed by atoms with Crippen LogP contribution in [-0.4, -0.2) is 9.97 Å². The second-order valence-electron chi connectivity index (χ2n) is 14.2. The molecule has 0 fully saturated rings. The van der Waals surface area contributed by atoms with Crippen molar-refractivity contribution >= 4 is 31.5 Å². The van der Waals surface area contributed by atoms with Crippen molar-refractivity contribution in [2.24, 2.45) is 0 Å². The SMILES string of the molecule is CC1(C)c2ccccc2-c2ccc(-c3ccc(-c4ccc(-c5nc(-c6ccccc6)cc(-c6ccccc6)n5)c5c4sc4ccccc45)cc3)cc21. The van der Waals surface area contributed by atoms with Gasteiger partial charge in [0, 0.05) is 42.3 Å². The predicted molar refractivity (Wildman–Crippen MR) is 220 cm³/mol. The van der Waals surface area contributed by atoms with E-state index in [4.69, 9.17) is 9.97 Å². The van der Waals surface area contributed by atoms with E-state index < -0.39 is 0 Å². The molecule has 52 heavy (non-hydrogen) atoms. The fraction of sp³-hybridized carbons (Fsp3) is 0.0612. The molecule has 2 nitrogen and oxygen atoms in total. The zero-order valence-electron chi connectivity index (χ0n) is 29.0. The minimum absolute atomic E-state index is 0.0252. The van der Waals surface area contributed by atoms with Gasteiger partial charge in [0.05, 0.1) is 11.4 Å². The Labute approximate surface area is 307 Å². The molecule has 246 valence electrons. The van der Waals surface area contributed by atoms with E-state index in [0.29, 0.717) is 0 Å². The zero-order chi connectivity index (χ0) is 34.8. The summed E-state index contributed by atoms with van der Waals surface area (Å²) >= 11 is 1.85. The Bertz CT molecular complexity index is 2740. The van der Waals surface area contributed by atoms with Gasteiger partial charge in [-0.1, -0.05) is 159 Å². The van der Waals surface area contributed by atoms with Crippen LogP contribution in [0.3, 0.4) is 0 Å². The Morgan fingerprint density at radius 1 is 0.423 bits per heavy atom. The van der Waals surface area contributed by atoms with Gasteiger partial charge in [-0.3, -0.25) is 0 Å². The number of hydrogen-bond acceptors (Lipinski definition) is 3. The van der Waals surface area contributed by atoms with Gasteiger partial charge in [-0.05, 0) is 68.8 Å². The Morgan fingerprint density at radius 2 is 0.981 bits per heavy atom. The van der Waals surface area contributed by atoms with Gasteiger partial charge >= 0.3 is 0 Å². The quantitative estimate of drug-likeness (QED) is 0.181. The lowest BCUT2D eigenvalue weighted by molar-refractivity contribution is 0.660. The van der Waals surface area contributed by atoms with Crippen LogP contribution in [0.2, 0.25) is 0 Å². The van der Waals surface area contributed by atoms with Gasteiger partial charge in [0.25, 0.3) is 0 Å². The standard InChI is InChI=1S/C49H34N2S/c1-49(2)41-19-11-9-17-37(41)38-26-25-35(29-42(38)49)31-21-23-32(24-22-31)36-27-28-40(46-39-18-10-12-20-45(39)52-47(36)46)48-50-43(33-13-5-3-6-14-33)30-44(51-48)34-15-7-4-8-16-34/h3-30H,1-2H3. The Morgan fingerprint density at radius 3 is 1.71 bits per heavy atom. The molecular weight excluding hydrogens is 649 g/mol. The van der Waals surface area contributed by atoms with E-state index >= 15 is 0 Å². The molecule has 1 aliphatic carbocycles. The second-order valence-corrected chi connectivity index (χ2v) is 15.2. The van der Waals surface area contributed by atoms with Crippen LogP contribution in [0.5, 0.6) is 0 Å². The molecule has 2 heterocycles. The van der Waals surface area contributed by atoms with E-state index in [-0.39, 0.29) is 5.41 Å². The van der Waals surface area contributed by atoms with E-state index in [2.05, 4.69) is 172 Å². The zero-order valence-corrected chi connectivity index (χ0v) is 29.8. The molecule has 0 unspecified atom stereocenters. The van der Waals surface area contributed by atoms with Crippen molar-refractivity contribution in [2.75, 3.05) is 0 Å². The van der Waals surface area contributed by atoms with Gasteiger partial charge in [-0.15, -0.1) is 11.3 Å². The van der Waals surface area contributed by atoms with E-state index in [0.717, 1.165) is 33.9 Å². The van der Waals surface area contributed by atoms with Gasteiger partial charge in [0.15, 0.2) is 5.82 Å². The van der Waals surface area contributed by atoms with Crippen molar-refractivity contribution < 1.29 is 0 Å². The topological polar surface area (TPSA) is 25.8 Å². The first-order chi connectivity index (χ1) is 25.5. The number of hydrogen-bond donors (Lipinski definition) is 0. The van der Waals surface area contributed by atoms with Gasteiger partial charge < -0.3 is 0 Å². The smallest absolute Gasteiger partial charge is 0.161 e. The predicted octanol–water partition coefficient (Wildman–Crippen LogP) is 13.5. The van der Waals surface area contributed by atoms with E-state index in [9.17, 15) is 0 Å². The Hall–Kier alpha value is -6.16. The number of aromatic nitrogens is 2. The van der Waals surface area contributed by atoms with Crippen molar-refractivity contribution in [1.29, 1.82) is 0 Å². The lowest BCUT2D eigenvalue weighted by atomic mass is 9.81. The molecule has 2 aromatic heterocycles. The highest BCUT2D eigenvalue weighted by molar-refractivity contribution is 7.26. The van der Waals surface area contributed by atoms with Gasteiger partial charge in [0.1, 0.15) is 0 Å². The van der Waals surface area contributed by atoms with Crippen molar-refractivity contribution in [1.82, 2.24) is 9.97 Å². The van der Waals surface area contributed by atoms with E-state index in [1.165, 1.54) is 64.7 Å². The third kappa shape index (κ3) is 4.92. The average molecular weight is 683 g/mol. The molecule has 7 aromatic carbocycles. The number of thiophene rings is 1. The molecule has 0 N–H and O–H groups in total. The van der Waals surface area contributed by atoms with E-state index in [1.807, 2.05) is 23.5 Å². The maximum Gasteiger partial charge on any atom is 0.161 e. The van der Waals surface area contributed by atoms with Crippen LogP contribution < -0.4 is 0 Å². The maximum atomic E-state index is 5.23. The lowest BCUT2D eigenvalue weighted by Gasteiger charge is -2.22. The highest BCUT2D eigenvalue weighted by atomic mass is 32.1. The van der Waals surface area contributed by atoms with E-state index in [1.54, 1.807) is 0 Å². The molecule has 3 heteroatoms. The number of rotatable bonds is 5. The van der Waals surface area contributed by atoms with Crippen LogP contribution in [-0.2, 0) is 5.41 Å². The molecule has 0 atom stereocenters. The lowest BCUT2D eigenvalue weighted by Crippen LogP contribution is -2.14. The summed E-state index contributed by atoms with van der Waals surface area (Å²) in [5.41, 5.74) is 15.4. The summed E-state index contributed by atoms with van der Waals surface area (Å²) in [5.74, 6) is 0.734. The minimum Gasteiger partial charge on any atom is -0.228 e. The summed E-state index contributed by atoms with van der Waals surface area (Å²) in [6, 6.07) is 61.0. The summed E-state index contributed by atoms with van der Waals surface area (Å²) in [4.78, 5) is 10.5. The van der Waals surface area contributed by atoms with Crippen molar-refractivity contribution in [3.63, 3.8) is 0 Å². The van der Waals surface area contributed by atoms with Crippen LogP contribution in [0.1, 0.15) is 25.0 Å². The fourth-order valence-corrected chi connectivity index (χ4v) is 9.31. The first-order valence-corrected chi connectivity index (χ1v) is 18.6. The molecule has 9 aromatic rings. The summed E-state index contributed by atoms with van der Waals surface area (Å²) < 4.78 is 2.51. The molecule has 1 aliphatic rings. The van der Waals surface area contributed by atoms with Crippen molar-refractivity contribution in [3.05, 3.63) is 181 Å². The highest BCUT2D eigenvalue weighted by Crippen LogP contribution is 2.50. The second kappa shape index (κ2) is 12.0. The number of benzene rings is 7.